The number of methoxy groups -OCH3 is 2. The van der Waals surface area contributed by atoms with E-state index < -0.39 is 0 Å². The molecule has 0 aliphatic heterocycles. The number of carbonyl (C=O) groups excluding carboxylic acids is 1. The van der Waals surface area contributed by atoms with Crippen molar-refractivity contribution in [2.45, 2.75) is 0 Å². The Bertz CT molecular complexity index is 891. The van der Waals surface area contributed by atoms with E-state index in [2.05, 4.69) is 0 Å². The van der Waals surface area contributed by atoms with E-state index in [0.29, 0.717) is 27.9 Å². The fourth-order valence-corrected chi connectivity index (χ4v) is 2.69. The van der Waals surface area contributed by atoms with Crippen LogP contribution in [0.1, 0.15) is 16.1 Å². The predicted molar refractivity (Wildman–Crippen MR) is 94.1 cm³/mol. The summed E-state index contributed by atoms with van der Waals surface area (Å²) in [5.74, 6) is 1.02. The normalized spacial score (nSPS) is 11.1. The average molecular weight is 343 g/mol. The molecule has 0 spiro atoms. The van der Waals surface area contributed by atoms with Gasteiger partial charge in [0.25, 0.3) is 0 Å². The van der Waals surface area contributed by atoms with E-state index >= 15 is 0 Å². The number of allylic oxidation sites excluding steroid dienone is 1. The van der Waals surface area contributed by atoms with Gasteiger partial charge in [-0.25, -0.2) is 0 Å². The Labute approximate surface area is 144 Å². The highest BCUT2D eigenvalue weighted by molar-refractivity contribution is 6.32. The second-order valence-electron chi connectivity index (χ2n) is 5.08. The highest BCUT2D eigenvalue weighted by Crippen LogP contribution is 2.36. The van der Waals surface area contributed by atoms with Crippen LogP contribution in [0.3, 0.4) is 0 Å². The molecule has 3 rings (SSSR count). The zero-order chi connectivity index (χ0) is 17.1. The number of halogens is 1. The minimum Gasteiger partial charge on any atom is -0.493 e. The molecule has 0 bridgehead atoms. The van der Waals surface area contributed by atoms with E-state index in [1.807, 2.05) is 24.3 Å². The van der Waals surface area contributed by atoms with Gasteiger partial charge in [-0.3, -0.25) is 4.79 Å². The van der Waals surface area contributed by atoms with Crippen molar-refractivity contribution in [1.29, 1.82) is 0 Å². The van der Waals surface area contributed by atoms with Gasteiger partial charge in [0.15, 0.2) is 17.3 Å². The molecular weight excluding hydrogens is 328 g/mol. The first-order valence-corrected chi connectivity index (χ1v) is 7.62. The molecular formula is C19H15ClO4. The first kappa shape index (κ1) is 16.1. The fourth-order valence-electron chi connectivity index (χ4n) is 2.39. The standard InChI is InChI=1S/C19H15ClO4/c1-22-18-10-12(9-14(20)19(18)23-2)7-8-15(21)17-11-13-5-3-4-6-16(13)24-17/h3-11H,1-2H3. The van der Waals surface area contributed by atoms with Gasteiger partial charge in [0.2, 0.25) is 5.78 Å². The topological polar surface area (TPSA) is 48.7 Å². The third-order valence-corrected chi connectivity index (χ3v) is 3.83. The van der Waals surface area contributed by atoms with Crippen LogP contribution < -0.4 is 9.47 Å². The van der Waals surface area contributed by atoms with Gasteiger partial charge in [-0.15, -0.1) is 0 Å². The van der Waals surface area contributed by atoms with Crippen LogP contribution in [0.25, 0.3) is 17.0 Å². The average Bonchev–Trinajstić information content (AvgIpc) is 3.03. The lowest BCUT2D eigenvalue weighted by molar-refractivity contribution is 0.102. The van der Waals surface area contributed by atoms with Crippen LogP contribution in [0.2, 0.25) is 5.02 Å². The summed E-state index contributed by atoms with van der Waals surface area (Å²) in [5.41, 5.74) is 1.41. The Hall–Kier alpha value is -2.72. The van der Waals surface area contributed by atoms with Gasteiger partial charge in [-0.1, -0.05) is 35.9 Å². The Morgan fingerprint density at radius 1 is 1.12 bits per heavy atom. The van der Waals surface area contributed by atoms with Crippen molar-refractivity contribution >= 4 is 34.4 Å². The molecule has 5 heteroatoms. The van der Waals surface area contributed by atoms with Gasteiger partial charge in [0.1, 0.15) is 5.58 Å². The minimum atomic E-state index is -0.225. The Kier molecular flexibility index (Phi) is 4.58. The van der Waals surface area contributed by atoms with Crippen molar-refractivity contribution in [1.82, 2.24) is 0 Å². The minimum absolute atomic E-state index is 0.225. The first-order valence-electron chi connectivity index (χ1n) is 7.25. The highest BCUT2D eigenvalue weighted by Gasteiger charge is 2.11. The summed E-state index contributed by atoms with van der Waals surface area (Å²) in [6.45, 7) is 0. The predicted octanol–water partition coefficient (Wildman–Crippen LogP) is 5.00. The molecule has 0 aliphatic carbocycles. The van der Waals surface area contributed by atoms with E-state index in [4.69, 9.17) is 25.5 Å². The second kappa shape index (κ2) is 6.81. The van der Waals surface area contributed by atoms with Crippen LogP contribution in [-0.4, -0.2) is 20.0 Å². The summed E-state index contributed by atoms with van der Waals surface area (Å²) in [7, 11) is 3.05. The third-order valence-electron chi connectivity index (χ3n) is 3.55. The van der Waals surface area contributed by atoms with Gasteiger partial charge >= 0.3 is 0 Å². The summed E-state index contributed by atoms with van der Waals surface area (Å²) in [4.78, 5) is 12.3. The third kappa shape index (κ3) is 3.14. The van der Waals surface area contributed by atoms with E-state index in [9.17, 15) is 4.79 Å². The fraction of sp³-hybridized carbons (Fsp3) is 0.105. The smallest absolute Gasteiger partial charge is 0.221 e. The number of carbonyl (C=O) groups is 1. The van der Waals surface area contributed by atoms with Crippen molar-refractivity contribution in [3.63, 3.8) is 0 Å². The molecule has 0 amide bonds. The maximum atomic E-state index is 12.3. The molecule has 4 nitrogen and oxygen atoms in total. The molecule has 24 heavy (non-hydrogen) atoms. The summed E-state index contributed by atoms with van der Waals surface area (Å²) < 4.78 is 16.0. The van der Waals surface area contributed by atoms with Gasteiger partial charge < -0.3 is 13.9 Å². The monoisotopic (exact) mass is 342 g/mol. The Morgan fingerprint density at radius 2 is 1.92 bits per heavy atom. The van der Waals surface area contributed by atoms with Crippen molar-refractivity contribution in [3.8, 4) is 11.5 Å². The van der Waals surface area contributed by atoms with Crippen molar-refractivity contribution < 1.29 is 18.7 Å². The molecule has 3 aromatic rings. The second-order valence-corrected chi connectivity index (χ2v) is 5.49. The molecule has 0 radical (unpaired) electrons. The largest absolute Gasteiger partial charge is 0.493 e. The molecule has 0 atom stereocenters. The molecule has 1 aromatic heterocycles. The zero-order valence-corrected chi connectivity index (χ0v) is 14.0. The summed E-state index contributed by atoms with van der Waals surface area (Å²) >= 11 is 6.16. The van der Waals surface area contributed by atoms with Crippen LogP contribution in [-0.2, 0) is 0 Å². The van der Waals surface area contributed by atoms with Gasteiger partial charge in [-0.2, -0.15) is 0 Å². The zero-order valence-electron chi connectivity index (χ0n) is 13.2. The van der Waals surface area contributed by atoms with Crippen LogP contribution in [0, 0.1) is 0 Å². The summed E-state index contributed by atoms with van der Waals surface area (Å²) in [6, 6.07) is 12.6. The molecule has 2 aromatic carbocycles. The maximum Gasteiger partial charge on any atom is 0.221 e. The van der Waals surface area contributed by atoms with Crippen molar-refractivity contribution in [2.75, 3.05) is 14.2 Å². The molecule has 0 aliphatic rings. The Morgan fingerprint density at radius 3 is 2.62 bits per heavy atom. The van der Waals surface area contributed by atoms with Crippen molar-refractivity contribution in [2.24, 2.45) is 0 Å². The number of ether oxygens (including phenoxy) is 2. The molecule has 0 N–H and O–H groups in total. The highest BCUT2D eigenvalue weighted by atomic mass is 35.5. The van der Waals surface area contributed by atoms with Crippen LogP contribution >= 0.6 is 11.6 Å². The number of benzene rings is 2. The summed E-state index contributed by atoms with van der Waals surface area (Å²) in [5, 5.41) is 1.30. The van der Waals surface area contributed by atoms with Crippen molar-refractivity contribution in [3.05, 3.63) is 64.9 Å². The van der Waals surface area contributed by atoms with Gasteiger partial charge in [-0.05, 0) is 35.9 Å². The maximum absolute atomic E-state index is 12.3. The molecule has 0 saturated carbocycles. The Balaban J connectivity index is 1.87. The lowest BCUT2D eigenvalue weighted by Gasteiger charge is -2.10. The van der Waals surface area contributed by atoms with Crippen LogP contribution in [0.15, 0.2) is 53.0 Å². The molecule has 0 fully saturated rings. The van der Waals surface area contributed by atoms with Gasteiger partial charge in [0.05, 0.1) is 19.2 Å². The molecule has 122 valence electrons. The van der Waals surface area contributed by atoms with Gasteiger partial charge in [0, 0.05) is 5.39 Å². The number of rotatable bonds is 5. The number of hydrogen-bond acceptors (Lipinski definition) is 4. The molecule has 1 heterocycles. The van der Waals surface area contributed by atoms with Crippen LogP contribution in [0.4, 0.5) is 0 Å². The SMILES string of the molecule is COc1cc(C=CC(=O)c2cc3ccccc3o2)cc(Cl)c1OC. The van der Waals surface area contributed by atoms with Crippen LogP contribution in [0.5, 0.6) is 11.5 Å². The van der Waals surface area contributed by atoms with E-state index in [1.54, 1.807) is 24.3 Å². The first-order chi connectivity index (χ1) is 11.6. The number of fused-ring (bicyclic) bond motifs is 1. The lowest BCUT2D eigenvalue weighted by Crippen LogP contribution is -1.93. The van der Waals surface area contributed by atoms with E-state index in [1.165, 1.54) is 20.3 Å². The lowest BCUT2D eigenvalue weighted by atomic mass is 10.1. The molecule has 0 saturated heterocycles. The number of furan rings is 1. The number of hydrogen-bond donors (Lipinski definition) is 0. The van der Waals surface area contributed by atoms with E-state index in [-0.39, 0.29) is 5.78 Å². The van der Waals surface area contributed by atoms with E-state index in [0.717, 1.165) is 10.9 Å². The summed E-state index contributed by atoms with van der Waals surface area (Å²) in [6.07, 6.45) is 3.10. The quantitative estimate of drug-likeness (QED) is 0.483. The number of para-hydroxylation sites is 1. The number of ketones is 1. The molecule has 0 unspecified atom stereocenters.